The zero-order valence-electron chi connectivity index (χ0n) is 6.85. The Morgan fingerprint density at radius 3 is 3.00 bits per heavy atom. The van der Waals surface area contributed by atoms with Gasteiger partial charge in [-0.3, -0.25) is 0 Å². The van der Waals surface area contributed by atoms with E-state index in [2.05, 4.69) is 18.0 Å². The average Bonchev–Trinajstić information content (AvgIpc) is 2.53. The highest BCUT2D eigenvalue weighted by Gasteiger charge is 2.37. The summed E-state index contributed by atoms with van der Waals surface area (Å²) in [5, 5.41) is 0. The molecule has 1 aromatic rings. The molecule has 0 radical (unpaired) electrons. The third kappa shape index (κ3) is 0.615. The number of hydrogen-bond donors (Lipinski definition) is 1. The van der Waals surface area contributed by atoms with Crippen molar-refractivity contribution in [3.63, 3.8) is 0 Å². The number of aromatic nitrogens is 1. The van der Waals surface area contributed by atoms with Crippen molar-refractivity contribution in [1.82, 2.24) is 4.98 Å². The first kappa shape index (κ1) is 5.87. The van der Waals surface area contributed by atoms with Crippen LogP contribution in [0.1, 0.15) is 48.0 Å². The van der Waals surface area contributed by atoms with Crippen molar-refractivity contribution >= 4 is 0 Å². The summed E-state index contributed by atoms with van der Waals surface area (Å²) in [5.74, 6) is 1.81. The van der Waals surface area contributed by atoms with E-state index in [1.165, 1.54) is 25.0 Å². The summed E-state index contributed by atoms with van der Waals surface area (Å²) in [6, 6.07) is 2.35. The molecule has 11 heavy (non-hydrogen) atoms. The predicted octanol–water partition coefficient (Wildman–Crippen LogP) is 2.69. The first-order valence-corrected chi connectivity index (χ1v) is 4.54. The smallest absolute Gasteiger partial charge is 0.0216 e. The summed E-state index contributed by atoms with van der Waals surface area (Å²) in [6.07, 6.45) is 4.30. The van der Waals surface area contributed by atoms with Crippen molar-refractivity contribution < 1.29 is 0 Å². The number of hydrogen-bond acceptors (Lipinski definition) is 0. The van der Waals surface area contributed by atoms with E-state index in [9.17, 15) is 0 Å². The molecule has 1 aromatic heterocycles. The van der Waals surface area contributed by atoms with Gasteiger partial charge in [-0.15, -0.1) is 0 Å². The molecule has 1 nitrogen and oxygen atoms in total. The molecular formula is C10H13N. The van der Waals surface area contributed by atoms with Crippen molar-refractivity contribution in [2.75, 3.05) is 0 Å². The van der Waals surface area contributed by atoms with Crippen molar-refractivity contribution in [3.05, 3.63) is 23.0 Å². The Morgan fingerprint density at radius 1 is 1.36 bits per heavy atom. The van der Waals surface area contributed by atoms with E-state index >= 15 is 0 Å². The molecule has 3 rings (SSSR count). The molecule has 1 saturated carbocycles. The van der Waals surface area contributed by atoms with Crippen LogP contribution in [-0.2, 0) is 0 Å². The lowest BCUT2D eigenvalue weighted by Gasteiger charge is -2.08. The molecule has 2 aliphatic carbocycles. The van der Waals surface area contributed by atoms with Crippen molar-refractivity contribution in [2.24, 2.45) is 0 Å². The van der Waals surface area contributed by atoms with Crippen LogP contribution in [-0.4, -0.2) is 4.98 Å². The van der Waals surface area contributed by atoms with Crippen LogP contribution in [0.15, 0.2) is 6.07 Å². The lowest BCUT2D eigenvalue weighted by atomic mass is 9.98. The number of fused-ring (bicyclic) bond motifs is 5. The quantitative estimate of drug-likeness (QED) is 0.580. The van der Waals surface area contributed by atoms with Crippen LogP contribution in [0.25, 0.3) is 0 Å². The second-order valence-corrected chi connectivity index (χ2v) is 4.03. The number of H-pyrrole nitrogens is 1. The van der Waals surface area contributed by atoms with Crippen molar-refractivity contribution in [2.45, 2.75) is 38.0 Å². The summed E-state index contributed by atoms with van der Waals surface area (Å²) in [4.78, 5) is 3.49. The molecular weight excluding hydrogens is 134 g/mol. The molecule has 1 heterocycles. The number of aryl methyl sites for hydroxylation is 1. The van der Waals surface area contributed by atoms with Gasteiger partial charge in [0.2, 0.25) is 0 Å². The van der Waals surface area contributed by atoms with E-state index in [0.717, 1.165) is 11.8 Å². The van der Waals surface area contributed by atoms with Gasteiger partial charge < -0.3 is 4.98 Å². The molecule has 1 N–H and O–H groups in total. The lowest BCUT2D eigenvalue weighted by Crippen LogP contribution is -1.94. The second-order valence-electron chi connectivity index (χ2n) is 4.03. The lowest BCUT2D eigenvalue weighted by molar-refractivity contribution is 0.705. The van der Waals surface area contributed by atoms with Crippen molar-refractivity contribution in [3.8, 4) is 0 Å². The number of rotatable bonds is 0. The van der Waals surface area contributed by atoms with Gasteiger partial charge in [0.15, 0.2) is 0 Å². The topological polar surface area (TPSA) is 15.8 Å². The summed E-state index contributed by atoms with van der Waals surface area (Å²) < 4.78 is 0. The number of nitrogens with one attached hydrogen (secondary N) is 1. The predicted molar refractivity (Wildman–Crippen MR) is 44.9 cm³/mol. The largest absolute Gasteiger partial charge is 0.362 e. The van der Waals surface area contributed by atoms with E-state index in [4.69, 9.17) is 0 Å². The highest BCUT2D eigenvalue weighted by atomic mass is 14.8. The van der Waals surface area contributed by atoms with Gasteiger partial charge in [0, 0.05) is 11.4 Å². The van der Waals surface area contributed by atoms with E-state index in [1.54, 1.807) is 11.3 Å². The van der Waals surface area contributed by atoms with Crippen LogP contribution < -0.4 is 0 Å². The molecule has 0 saturated heterocycles. The molecule has 1 fully saturated rings. The van der Waals surface area contributed by atoms with Crippen LogP contribution in [0.4, 0.5) is 0 Å². The summed E-state index contributed by atoms with van der Waals surface area (Å²) in [6.45, 7) is 2.16. The van der Waals surface area contributed by atoms with E-state index in [-0.39, 0.29) is 0 Å². The summed E-state index contributed by atoms with van der Waals surface area (Å²) in [5.41, 5.74) is 4.56. The molecule has 0 aromatic carbocycles. The van der Waals surface area contributed by atoms with E-state index in [1.807, 2.05) is 0 Å². The fourth-order valence-corrected chi connectivity index (χ4v) is 2.83. The van der Waals surface area contributed by atoms with Crippen LogP contribution in [0.3, 0.4) is 0 Å². The van der Waals surface area contributed by atoms with Crippen LogP contribution >= 0.6 is 0 Å². The minimum atomic E-state index is 0.892. The Bertz CT molecular complexity index is 270. The maximum Gasteiger partial charge on any atom is 0.0216 e. The SMILES string of the molecule is Cc1cc2c([nH]1)[C@H]1CC[C@@H]2C1. The van der Waals surface area contributed by atoms with Crippen LogP contribution in [0, 0.1) is 6.92 Å². The molecule has 1 heteroatoms. The molecule has 0 aliphatic heterocycles. The van der Waals surface area contributed by atoms with Crippen LogP contribution in [0.5, 0.6) is 0 Å². The Hall–Kier alpha value is -0.720. The Morgan fingerprint density at radius 2 is 2.18 bits per heavy atom. The fraction of sp³-hybridized carbons (Fsp3) is 0.600. The Kier molecular flexibility index (Phi) is 0.913. The maximum atomic E-state index is 3.49. The van der Waals surface area contributed by atoms with Gasteiger partial charge >= 0.3 is 0 Å². The fourth-order valence-electron chi connectivity index (χ4n) is 2.83. The van der Waals surface area contributed by atoms with Gasteiger partial charge in [-0.1, -0.05) is 0 Å². The molecule has 0 unspecified atom stereocenters. The normalized spacial score (nSPS) is 32.8. The van der Waals surface area contributed by atoms with Crippen LogP contribution in [0.2, 0.25) is 0 Å². The van der Waals surface area contributed by atoms with Gasteiger partial charge in [-0.05, 0) is 49.7 Å². The van der Waals surface area contributed by atoms with Gasteiger partial charge in [-0.25, -0.2) is 0 Å². The van der Waals surface area contributed by atoms with Crippen molar-refractivity contribution in [1.29, 1.82) is 0 Å². The maximum absolute atomic E-state index is 3.49. The molecule has 0 spiro atoms. The minimum absolute atomic E-state index is 0.892. The highest BCUT2D eigenvalue weighted by Crippen LogP contribution is 2.52. The zero-order chi connectivity index (χ0) is 7.42. The molecule has 2 atom stereocenters. The van der Waals surface area contributed by atoms with Gasteiger partial charge in [0.1, 0.15) is 0 Å². The monoisotopic (exact) mass is 147 g/mol. The van der Waals surface area contributed by atoms with E-state index < -0.39 is 0 Å². The molecule has 0 amide bonds. The molecule has 58 valence electrons. The third-order valence-electron chi connectivity index (χ3n) is 3.30. The highest BCUT2D eigenvalue weighted by molar-refractivity contribution is 5.39. The van der Waals surface area contributed by atoms with E-state index in [0.29, 0.717) is 0 Å². The summed E-state index contributed by atoms with van der Waals surface area (Å²) >= 11 is 0. The van der Waals surface area contributed by atoms with Gasteiger partial charge in [0.25, 0.3) is 0 Å². The van der Waals surface area contributed by atoms with Gasteiger partial charge in [0.05, 0.1) is 0 Å². The molecule has 2 bridgehead atoms. The minimum Gasteiger partial charge on any atom is -0.362 e. The van der Waals surface area contributed by atoms with Gasteiger partial charge in [-0.2, -0.15) is 0 Å². The average molecular weight is 147 g/mol. The third-order valence-corrected chi connectivity index (χ3v) is 3.30. The second kappa shape index (κ2) is 1.71. The first-order valence-electron chi connectivity index (χ1n) is 4.54. The standard InChI is InChI=1S/C10H13N/c1-6-4-9-7-2-3-8(5-7)10(9)11-6/h4,7-8,11H,2-3,5H2,1H3/t7-,8+/m1/s1. The number of aromatic amines is 1. The molecule has 2 aliphatic rings. The first-order chi connectivity index (χ1) is 5.34. The Labute approximate surface area is 66.8 Å². The Balaban J connectivity index is 2.21. The summed E-state index contributed by atoms with van der Waals surface area (Å²) in [7, 11) is 0. The zero-order valence-corrected chi connectivity index (χ0v) is 6.85.